The number of hydrogen-bond donors (Lipinski definition) is 1. The largest absolute Gasteiger partial charge is 0.350 e. The van der Waals surface area contributed by atoms with E-state index in [9.17, 15) is 22.4 Å². The van der Waals surface area contributed by atoms with Crippen LogP contribution < -0.4 is 9.62 Å². The third-order valence-corrected chi connectivity index (χ3v) is 7.80. The summed E-state index contributed by atoms with van der Waals surface area (Å²) in [6.07, 6.45) is 1.10. The normalized spacial score (nSPS) is 12.5. The molecule has 0 radical (unpaired) electrons. The Labute approximate surface area is 244 Å². The molecule has 7 nitrogen and oxygen atoms in total. The van der Waals surface area contributed by atoms with E-state index in [0.717, 1.165) is 28.3 Å². The number of anilines is 1. The van der Waals surface area contributed by atoms with Crippen molar-refractivity contribution >= 4 is 50.7 Å². The molecule has 0 spiro atoms. The predicted molar refractivity (Wildman–Crippen MR) is 157 cm³/mol. The number of carbonyl (C=O) groups excluding carboxylic acids is 2. The Morgan fingerprint density at radius 2 is 1.50 bits per heavy atom. The van der Waals surface area contributed by atoms with Crippen LogP contribution in [0.4, 0.5) is 10.1 Å². The van der Waals surface area contributed by atoms with E-state index in [2.05, 4.69) is 5.32 Å². The molecule has 1 N–H and O–H groups in total. The second kappa shape index (κ2) is 13.0. The van der Waals surface area contributed by atoms with Crippen molar-refractivity contribution < 1.29 is 22.4 Å². The number of amides is 2. The van der Waals surface area contributed by atoms with E-state index >= 15 is 0 Å². The fraction of sp³-hybridized carbons (Fsp3) is 0.310. The van der Waals surface area contributed by atoms with Crippen LogP contribution in [-0.2, 0) is 32.6 Å². The van der Waals surface area contributed by atoms with E-state index in [1.807, 2.05) is 51.1 Å². The molecule has 0 unspecified atom stereocenters. The minimum Gasteiger partial charge on any atom is -0.350 e. The zero-order valence-electron chi connectivity index (χ0n) is 22.7. The molecule has 3 rings (SSSR count). The van der Waals surface area contributed by atoms with Gasteiger partial charge in [-0.2, -0.15) is 0 Å². The molecule has 3 aromatic rings. The smallest absolute Gasteiger partial charge is 0.244 e. The molecule has 2 amide bonds. The SMILES string of the molecule is CC(C)(C)NC(=O)[C@H](Cc1ccccc1)N(Cc1c(Cl)cccc1Cl)C(=O)CN(c1ccc(F)cc1)S(C)(=O)=O. The first-order valence-electron chi connectivity index (χ1n) is 12.5. The second-order valence-corrected chi connectivity index (χ2v) is 13.1. The van der Waals surface area contributed by atoms with Crippen molar-refractivity contribution in [2.24, 2.45) is 0 Å². The van der Waals surface area contributed by atoms with Gasteiger partial charge in [0.1, 0.15) is 18.4 Å². The van der Waals surface area contributed by atoms with Crippen molar-refractivity contribution in [1.29, 1.82) is 0 Å². The van der Waals surface area contributed by atoms with Crippen LogP contribution in [0.2, 0.25) is 10.0 Å². The van der Waals surface area contributed by atoms with Gasteiger partial charge in [-0.1, -0.05) is 59.6 Å². The molecule has 0 aromatic heterocycles. The first-order valence-corrected chi connectivity index (χ1v) is 15.1. The highest BCUT2D eigenvalue weighted by molar-refractivity contribution is 7.92. The monoisotopic (exact) mass is 607 g/mol. The number of sulfonamides is 1. The van der Waals surface area contributed by atoms with Gasteiger partial charge in [-0.05, 0) is 62.7 Å². The summed E-state index contributed by atoms with van der Waals surface area (Å²) in [5, 5.41) is 3.52. The quantitative estimate of drug-likeness (QED) is 0.332. The first-order chi connectivity index (χ1) is 18.7. The van der Waals surface area contributed by atoms with Crippen molar-refractivity contribution in [3.63, 3.8) is 0 Å². The van der Waals surface area contributed by atoms with Crippen LogP contribution in [0.5, 0.6) is 0 Å². The summed E-state index contributed by atoms with van der Waals surface area (Å²) in [7, 11) is -3.97. The fourth-order valence-electron chi connectivity index (χ4n) is 4.08. The van der Waals surface area contributed by atoms with Crippen molar-refractivity contribution in [3.8, 4) is 0 Å². The molecule has 0 aliphatic heterocycles. The average Bonchev–Trinajstić information content (AvgIpc) is 2.85. The van der Waals surface area contributed by atoms with E-state index in [-0.39, 0.29) is 18.7 Å². The van der Waals surface area contributed by atoms with E-state index < -0.39 is 45.8 Å². The first kappa shape index (κ1) is 31.4. The molecule has 0 fully saturated rings. The van der Waals surface area contributed by atoms with Crippen molar-refractivity contribution in [2.45, 2.75) is 45.3 Å². The fourth-order valence-corrected chi connectivity index (χ4v) is 5.45. The molecule has 214 valence electrons. The molecule has 11 heteroatoms. The lowest BCUT2D eigenvalue weighted by molar-refractivity contribution is -0.140. The number of hydrogen-bond acceptors (Lipinski definition) is 4. The molecular weight excluding hydrogens is 576 g/mol. The van der Waals surface area contributed by atoms with Crippen LogP contribution in [0.3, 0.4) is 0 Å². The number of carbonyl (C=O) groups is 2. The Morgan fingerprint density at radius 1 is 0.925 bits per heavy atom. The van der Waals surface area contributed by atoms with Crippen LogP contribution in [0.15, 0.2) is 72.8 Å². The summed E-state index contributed by atoms with van der Waals surface area (Å²) >= 11 is 12.9. The number of rotatable bonds is 10. The van der Waals surface area contributed by atoms with Crippen LogP contribution in [0, 0.1) is 5.82 Å². The van der Waals surface area contributed by atoms with Crippen molar-refractivity contribution in [2.75, 3.05) is 17.1 Å². The van der Waals surface area contributed by atoms with Gasteiger partial charge in [-0.3, -0.25) is 13.9 Å². The Hall–Kier alpha value is -3.14. The van der Waals surface area contributed by atoms with Crippen LogP contribution in [0.25, 0.3) is 0 Å². The molecule has 40 heavy (non-hydrogen) atoms. The Morgan fingerprint density at radius 3 is 2.02 bits per heavy atom. The third kappa shape index (κ3) is 8.68. The van der Waals surface area contributed by atoms with Gasteiger partial charge >= 0.3 is 0 Å². The summed E-state index contributed by atoms with van der Waals surface area (Å²) in [4.78, 5) is 29.1. The molecule has 0 saturated heterocycles. The van der Waals surface area contributed by atoms with E-state index in [1.165, 1.54) is 17.0 Å². The topological polar surface area (TPSA) is 86.8 Å². The van der Waals surface area contributed by atoms with Gasteiger partial charge in [0.05, 0.1) is 11.9 Å². The minimum absolute atomic E-state index is 0.103. The van der Waals surface area contributed by atoms with E-state index in [1.54, 1.807) is 18.2 Å². The van der Waals surface area contributed by atoms with E-state index in [0.29, 0.717) is 15.6 Å². The lowest BCUT2D eigenvalue weighted by Crippen LogP contribution is -2.56. The Balaban J connectivity index is 2.11. The average molecular weight is 609 g/mol. The maximum absolute atomic E-state index is 14.0. The Bertz CT molecular complexity index is 1430. The summed E-state index contributed by atoms with van der Waals surface area (Å²) in [5.41, 5.74) is 0.689. The van der Waals surface area contributed by atoms with Gasteiger partial charge in [0.15, 0.2) is 0 Å². The summed E-state index contributed by atoms with van der Waals surface area (Å²) in [6.45, 7) is 4.67. The third-order valence-electron chi connectivity index (χ3n) is 5.95. The number of halogens is 3. The van der Waals surface area contributed by atoms with Crippen LogP contribution in [-0.4, -0.2) is 49.5 Å². The Kier molecular flexibility index (Phi) is 10.2. The summed E-state index contributed by atoms with van der Waals surface area (Å²) in [5.74, 6) is -1.66. The van der Waals surface area contributed by atoms with Gasteiger partial charge in [-0.15, -0.1) is 0 Å². The number of nitrogens with zero attached hydrogens (tertiary/aromatic N) is 2. The van der Waals surface area contributed by atoms with Gasteiger partial charge < -0.3 is 10.2 Å². The highest BCUT2D eigenvalue weighted by Gasteiger charge is 2.35. The number of benzene rings is 3. The molecule has 3 aromatic carbocycles. The van der Waals surface area contributed by atoms with Crippen molar-refractivity contribution in [1.82, 2.24) is 10.2 Å². The molecule has 1 atom stereocenters. The zero-order chi connectivity index (χ0) is 29.7. The molecule has 0 saturated carbocycles. The van der Waals surface area contributed by atoms with Crippen molar-refractivity contribution in [3.05, 3.63) is 99.8 Å². The lowest BCUT2D eigenvalue weighted by atomic mass is 10.0. The molecule has 0 heterocycles. The minimum atomic E-state index is -3.97. The molecular formula is C29H32Cl2FN3O4S. The summed E-state index contributed by atoms with van der Waals surface area (Å²) < 4.78 is 40.0. The lowest BCUT2D eigenvalue weighted by Gasteiger charge is -2.35. The predicted octanol–water partition coefficient (Wildman–Crippen LogP) is 5.45. The van der Waals surface area contributed by atoms with Gasteiger partial charge in [0.2, 0.25) is 21.8 Å². The van der Waals surface area contributed by atoms with Gasteiger partial charge in [0, 0.05) is 34.1 Å². The highest BCUT2D eigenvalue weighted by atomic mass is 35.5. The number of nitrogens with one attached hydrogen (secondary N) is 1. The van der Waals surface area contributed by atoms with Gasteiger partial charge in [-0.25, -0.2) is 12.8 Å². The molecule has 0 bridgehead atoms. The van der Waals surface area contributed by atoms with Crippen LogP contribution in [0.1, 0.15) is 31.9 Å². The van der Waals surface area contributed by atoms with Gasteiger partial charge in [0.25, 0.3) is 0 Å². The summed E-state index contributed by atoms with van der Waals surface area (Å²) in [6, 6.07) is 17.8. The molecule has 0 aliphatic carbocycles. The zero-order valence-corrected chi connectivity index (χ0v) is 25.0. The molecule has 0 aliphatic rings. The van der Waals surface area contributed by atoms with Crippen LogP contribution >= 0.6 is 23.2 Å². The van der Waals surface area contributed by atoms with E-state index in [4.69, 9.17) is 23.2 Å². The standard InChI is InChI=1S/C29H32Cl2FN3O4S/c1-29(2,3)33-28(37)26(17-20-9-6-5-7-10-20)34(18-23-24(30)11-8-12-25(23)31)27(36)19-35(40(4,38)39)22-15-13-21(32)14-16-22/h5-16,26H,17-19H2,1-4H3,(H,33,37)/t26-/m0/s1. The second-order valence-electron chi connectivity index (χ2n) is 10.4. The maximum Gasteiger partial charge on any atom is 0.244 e. The maximum atomic E-state index is 14.0. The highest BCUT2D eigenvalue weighted by Crippen LogP contribution is 2.28.